The Labute approximate surface area is 118 Å². The summed E-state index contributed by atoms with van der Waals surface area (Å²) in [5, 5.41) is 0. The number of methoxy groups -OCH3 is 1. The normalized spacial score (nSPS) is 12.2. The Morgan fingerprint density at radius 2 is 1.90 bits per heavy atom. The highest BCUT2D eigenvalue weighted by Gasteiger charge is 2.17. The molecule has 2 rings (SSSR count). The molecule has 20 heavy (non-hydrogen) atoms. The van der Waals surface area contributed by atoms with Gasteiger partial charge in [0, 0.05) is 5.56 Å². The van der Waals surface area contributed by atoms with Crippen LogP contribution >= 0.6 is 0 Å². The molecule has 0 saturated carbocycles. The zero-order valence-corrected chi connectivity index (χ0v) is 11.9. The lowest BCUT2D eigenvalue weighted by Crippen LogP contribution is -2.29. The molecule has 0 heterocycles. The topological polar surface area (TPSA) is 47.3 Å². The van der Waals surface area contributed by atoms with Crippen LogP contribution in [0.5, 0.6) is 5.75 Å². The molecule has 3 N–H and O–H groups in total. The number of nitrogens with one attached hydrogen (secondary N) is 1. The number of halogens is 1. The minimum Gasteiger partial charge on any atom is -0.496 e. The number of hydrazine groups is 1. The number of hydrogen-bond donors (Lipinski definition) is 2. The first-order chi connectivity index (χ1) is 9.56. The molecule has 1 atom stereocenters. The quantitative estimate of drug-likeness (QED) is 0.665. The van der Waals surface area contributed by atoms with Gasteiger partial charge in [-0.25, -0.2) is 9.82 Å². The van der Waals surface area contributed by atoms with Crippen molar-refractivity contribution in [3.8, 4) is 5.75 Å². The van der Waals surface area contributed by atoms with E-state index in [4.69, 9.17) is 10.6 Å². The largest absolute Gasteiger partial charge is 0.496 e. The van der Waals surface area contributed by atoms with Gasteiger partial charge in [0.25, 0.3) is 0 Å². The summed E-state index contributed by atoms with van der Waals surface area (Å²) in [6.07, 6.45) is 0. The van der Waals surface area contributed by atoms with E-state index in [0.29, 0.717) is 5.56 Å². The minimum absolute atomic E-state index is 0.271. The van der Waals surface area contributed by atoms with Crippen molar-refractivity contribution in [2.75, 3.05) is 7.11 Å². The summed E-state index contributed by atoms with van der Waals surface area (Å²) < 4.78 is 19.3. The van der Waals surface area contributed by atoms with Crippen molar-refractivity contribution in [3.05, 3.63) is 64.5 Å². The molecule has 0 fully saturated rings. The van der Waals surface area contributed by atoms with Crippen molar-refractivity contribution in [1.29, 1.82) is 0 Å². The van der Waals surface area contributed by atoms with Crippen molar-refractivity contribution in [2.24, 2.45) is 5.84 Å². The first kappa shape index (κ1) is 14.5. The number of benzene rings is 2. The number of nitrogens with two attached hydrogens (primary N) is 1. The molecule has 0 aliphatic heterocycles. The van der Waals surface area contributed by atoms with Gasteiger partial charge in [-0.1, -0.05) is 29.8 Å². The van der Waals surface area contributed by atoms with Gasteiger partial charge in [0.1, 0.15) is 11.6 Å². The minimum atomic E-state index is -0.389. The Balaban J connectivity index is 2.46. The van der Waals surface area contributed by atoms with Crippen molar-refractivity contribution in [1.82, 2.24) is 5.43 Å². The van der Waals surface area contributed by atoms with E-state index in [1.807, 2.05) is 32.0 Å². The van der Waals surface area contributed by atoms with Gasteiger partial charge in [-0.15, -0.1) is 0 Å². The Kier molecular flexibility index (Phi) is 4.37. The molecule has 2 aromatic rings. The fourth-order valence-corrected chi connectivity index (χ4v) is 2.33. The second-order valence-corrected chi connectivity index (χ2v) is 4.85. The van der Waals surface area contributed by atoms with Gasteiger partial charge in [-0.3, -0.25) is 5.84 Å². The van der Waals surface area contributed by atoms with Crippen molar-refractivity contribution in [2.45, 2.75) is 19.9 Å². The van der Waals surface area contributed by atoms with Crippen molar-refractivity contribution < 1.29 is 9.13 Å². The van der Waals surface area contributed by atoms with Gasteiger partial charge in [0.2, 0.25) is 0 Å². The second kappa shape index (κ2) is 6.03. The average molecular weight is 274 g/mol. The summed E-state index contributed by atoms with van der Waals surface area (Å²) >= 11 is 0. The maximum Gasteiger partial charge on any atom is 0.128 e. The van der Waals surface area contributed by atoms with Crippen LogP contribution in [0.1, 0.15) is 28.3 Å². The summed E-state index contributed by atoms with van der Waals surface area (Å²) in [6, 6.07) is 10.3. The maximum absolute atomic E-state index is 14.0. The van der Waals surface area contributed by atoms with Crippen LogP contribution < -0.4 is 16.0 Å². The molecule has 0 aliphatic rings. The second-order valence-electron chi connectivity index (χ2n) is 4.85. The van der Waals surface area contributed by atoms with Gasteiger partial charge >= 0.3 is 0 Å². The van der Waals surface area contributed by atoms with Gasteiger partial charge in [0.05, 0.1) is 13.2 Å². The highest BCUT2D eigenvalue weighted by atomic mass is 19.1. The molecule has 4 heteroatoms. The van der Waals surface area contributed by atoms with Gasteiger partial charge in [-0.05, 0) is 37.1 Å². The predicted molar refractivity (Wildman–Crippen MR) is 78.0 cm³/mol. The van der Waals surface area contributed by atoms with Crippen molar-refractivity contribution in [3.63, 3.8) is 0 Å². The summed E-state index contributed by atoms with van der Waals surface area (Å²) in [6.45, 7) is 3.87. The highest BCUT2D eigenvalue weighted by molar-refractivity contribution is 5.41. The Morgan fingerprint density at radius 3 is 2.50 bits per heavy atom. The van der Waals surface area contributed by atoms with Crippen molar-refractivity contribution >= 4 is 0 Å². The fourth-order valence-electron chi connectivity index (χ4n) is 2.33. The summed E-state index contributed by atoms with van der Waals surface area (Å²) in [5.41, 5.74) is 6.10. The van der Waals surface area contributed by atoms with E-state index < -0.39 is 0 Å². The number of aryl methyl sites for hydroxylation is 2. The molecule has 0 amide bonds. The summed E-state index contributed by atoms with van der Waals surface area (Å²) in [5.74, 6) is 6.16. The van der Waals surface area contributed by atoms with Gasteiger partial charge in [0.15, 0.2) is 0 Å². The molecule has 1 unspecified atom stereocenters. The van der Waals surface area contributed by atoms with Crippen LogP contribution in [0.3, 0.4) is 0 Å². The molecule has 0 spiro atoms. The molecule has 0 aliphatic carbocycles. The average Bonchev–Trinajstić information content (AvgIpc) is 2.44. The first-order valence-electron chi connectivity index (χ1n) is 6.43. The number of hydrogen-bond acceptors (Lipinski definition) is 3. The van der Waals surface area contributed by atoms with Crippen LogP contribution in [0.4, 0.5) is 4.39 Å². The molecule has 0 saturated heterocycles. The van der Waals surface area contributed by atoms with E-state index in [-0.39, 0.29) is 11.9 Å². The molecule has 106 valence electrons. The zero-order valence-electron chi connectivity index (χ0n) is 11.9. The van der Waals surface area contributed by atoms with Crippen LogP contribution in [0.15, 0.2) is 36.4 Å². The van der Waals surface area contributed by atoms with Crippen LogP contribution in [0.25, 0.3) is 0 Å². The SMILES string of the molecule is COc1ccc(C(NN)c2cc(C)ccc2F)cc1C. The van der Waals surface area contributed by atoms with Crippen LogP contribution in [-0.4, -0.2) is 7.11 Å². The number of ether oxygens (including phenoxy) is 1. The third kappa shape index (κ3) is 2.81. The molecule has 0 aromatic heterocycles. The Hall–Kier alpha value is -1.91. The molecule has 2 aromatic carbocycles. The standard InChI is InChI=1S/C16H19FN2O/c1-10-4-6-14(17)13(8-10)16(19-18)12-5-7-15(20-3)11(2)9-12/h4-9,16,19H,18H2,1-3H3. The lowest BCUT2D eigenvalue weighted by atomic mass is 9.96. The van der Waals surface area contributed by atoms with E-state index in [1.54, 1.807) is 19.2 Å². The smallest absolute Gasteiger partial charge is 0.128 e. The van der Waals surface area contributed by atoms with E-state index in [0.717, 1.165) is 22.4 Å². The molecule has 3 nitrogen and oxygen atoms in total. The molecular formula is C16H19FN2O. The maximum atomic E-state index is 14.0. The van der Waals surface area contributed by atoms with Crippen LogP contribution in [0.2, 0.25) is 0 Å². The van der Waals surface area contributed by atoms with Gasteiger partial charge < -0.3 is 4.74 Å². The Morgan fingerprint density at radius 1 is 1.15 bits per heavy atom. The third-order valence-corrected chi connectivity index (χ3v) is 3.38. The van der Waals surface area contributed by atoms with Gasteiger partial charge in [-0.2, -0.15) is 0 Å². The van der Waals surface area contributed by atoms with Crippen LogP contribution in [-0.2, 0) is 0 Å². The molecule has 0 bridgehead atoms. The lowest BCUT2D eigenvalue weighted by Gasteiger charge is -2.19. The monoisotopic (exact) mass is 274 g/mol. The highest BCUT2D eigenvalue weighted by Crippen LogP contribution is 2.28. The fraction of sp³-hybridized carbons (Fsp3) is 0.250. The Bertz CT molecular complexity index is 613. The molecule has 0 radical (unpaired) electrons. The predicted octanol–water partition coefficient (Wildman–Crippen LogP) is 3.00. The first-order valence-corrected chi connectivity index (χ1v) is 6.43. The molecular weight excluding hydrogens is 255 g/mol. The number of rotatable bonds is 4. The summed E-state index contributed by atoms with van der Waals surface area (Å²) in [4.78, 5) is 0. The van der Waals surface area contributed by atoms with Crippen LogP contribution in [0, 0.1) is 19.7 Å². The lowest BCUT2D eigenvalue weighted by molar-refractivity contribution is 0.411. The van der Waals surface area contributed by atoms with E-state index in [2.05, 4.69) is 5.43 Å². The zero-order chi connectivity index (χ0) is 14.7. The van der Waals surface area contributed by atoms with E-state index >= 15 is 0 Å². The third-order valence-electron chi connectivity index (χ3n) is 3.38. The van der Waals surface area contributed by atoms with E-state index in [9.17, 15) is 4.39 Å². The van der Waals surface area contributed by atoms with E-state index in [1.165, 1.54) is 6.07 Å². The summed E-state index contributed by atoms with van der Waals surface area (Å²) in [7, 11) is 1.63.